The summed E-state index contributed by atoms with van der Waals surface area (Å²) in [6.45, 7) is 6.30. The molecule has 1 N–H and O–H groups in total. The highest BCUT2D eigenvalue weighted by Gasteiger charge is 2.24. The monoisotopic (exact) mass is 378 g/mol. The maximum Gasteiger partial charge on any atom is 0.179 e. The van der Waals surface area contributed by atoms with Gasteiger partial charge in [0.15, 0.2) is 11.6 Å². The van der Waals surface area contributed by atoms with Gasteiger partial charge in [-0.1, -0.05) is 0 Å². The van der Waals surface area contributed by atoms with Gasteiger partial charge in [0.25, 0.3) is 0 Å². The summed E-state index contributed by atoms with van der Waals surface area (Å²) in [6, 6.07) is 6.36. The summed E-state index contributed by atoms with van der Waals surface area (Å²) in [5.41, 5.74) is 4.74. The van der Waals surface area contributed by atoms with E-state index >= 15 is 0 Å². The van der Waals surface area contributed by atoms with Crippen molar-refractivity contribution in [1.82, 2.24) is 34.6 Å². The smallest absolute Gasteiger partial charge is 0.179 e. The Balaban J connectivity index is 1.75. The molecule has 1 fully saturated rings. The normalized spacial score (nSPS) is 17.5. The van der Waals surface area contributed by atoms with Crippen LogP contribution in [0.5, 0.6) is 0 Å². The minimum absolute atomic E-state index is 0.249. The lowest BCUT2D eigenvalue weighted by Gasteiger charge is -2.34. The van der Waals surface area contributed by atoms with E-state index in [2.05, 4.69) is 38.2 Å². The fraction of sp³-hybridized carbons (Fsp3) is 0.368. The Kier molecular flexibility index (Phi) is 3.90. The predicted octanol–water partition coefficient (Wildman–Crippen LogP) is 2.05. The zero-order chi connectivity index (χ0) is 19.3. The number of nitrogens with one attached hydrogen (secondary N) is 1. The van der Waals surface area contributed by atoms with Gasteiger partial charge in [-0.05, 0) is 32.0 Å². The molecule has 1 saturated heterocycles. The van der Waals surface area contributed by atoms with Gasteiger partial charge in [-0.15, -0.1) is 5.10 Å². The molecule has 1 aliphatic rings. The number of ether oxygens (including phenoxy) is 1. The van der Waals surface area contributed by atoms with Crippen LogP contribution in [-0.2, 0) is 11.8 Å². The van der Waals surface area contributed by atoms with Gasteiger partial charge in [-0.2, -0.15) is 10.2 Å². The molecule has 1 aliphatic heterocycles. The van der Waals surface area contributed by atoms with E-state index in [1.165, 1.54) is 0 Å². The van der Waals surface area contributed by atoms with Crippen LogP contribution in [0.2, 0.25) is 0 Å². The fourth-order valence-corrected chi connectivity index (χ4v) is 3.74. The molecule has 0 aromatic carbocycles. The van der Waals surface area contributed by atoms with Crippen molar-refractivity contribution in [3.63, 3.8) is 0 Å². The fourth-order valence-electron chi connectivity index (χ4n) is 3.74. The molecule has 4 aromatic heterocycles. The van der Waals surface area contributed by atoms with E-state index in [1.54, 1.807) is 6.20 Å². The lowest BCUT2D eigenvalue weighted by Crippen LogP contribution is -2.44. The van der Waals surface area contributed by atoms with Crippen molar-refractivity contribution in [1.29, 1.82) is 0 Å². The quantitative estimate of drug-likeness (QED) is 0.587. The summed E-state index contributed by atoms with van der Waals surface area (Å²) in [6.07, 6.45) is 3.66. The summed E-state index contributed by atoms with van der Waals surface area (Å²) < 4.78 is 9.37. The maximum atomic E-state index is 5.61. The summed E-state index contributed by atoms with van der Waals surface area (Å²) >= 11 is 0. The first-order chi connectivity index (χ1) is 13.6. The Morgan fingerprint density at radius 3 is 2.89 bits per heavy atom. The summed E-state index contributed by atoms with van der Waals surface area (Å²) in [7, 11) is 1.94. The first-order valence-corrected chi connectivity index (χ1v) is 9.36. The molecule has 144 valence electrons. The van der Waals surface area contributed by atoms with Crippen molar-refractivity contribution in [3.05, 3.63) is 36.3 Å². The minimum Gasteiger partial charge on any atom is -0.377 e. The molecule has 1 atom stereocenters. The van der Waals surface area contributed by atoms with Crippen LogP contribution >= 0.6 is 0 Å². The number of nitrogens with zero attached hydrogens (tertiary/aromatic N) is 7. The highest BCUT2D eigenvalue weighted by atomic mass is 16.5. The molecule has 0 amide bonds. The first-order valence-electron chi connectivity index (χ1n) is 9.36. The van der Waals surface area contributed by atoms with E-state index < -0.39 is 0 Å². The molecule has 9 nitrogen and oxygen atoms in total. The molecule has 0 saturated carbocycles. The van der Waals surface area contributed by atoms with Crippen molar-refractivity contribution in [2.45, 2.75) is 19.9 Å². The molecule has 0 spiro atoms. The summed E-state index contributed by atoms with van der Waals surface area (Å²) in [5.74, 6) is 1.64. The number of anilines is 1. The molecule has 0 unspecified atom stereocenters. The molecule has 5 rings (SSSR count). The number of morpholine rings is 1. The van der Waals surface area contributed by atoms with Crippen molar-refractivity contribution in [2.75, 3.05) is 24.7 Å². The number of aromatic amines is 1. The van der Waals surface area contributed by atoms with Gasteiger partial charge in [0, 0.05) is 25.4 Å². The third-order valence-electron chi connectivity index (χ3n) is 5.20. The van der Waals surface area contributed by atoms with Gasteiger partial charge in [-0.3, -0.25) is 9.78 Å². The Morgan fingerprint density at radius 1 is 1.29 bits per heavy atom. The first kappa shape index (κ1) is 16.9. The number of rotatable bonds is 3. The molecular weight excluding hydrogens is 356 g/mol. The van der Waals surface area contributed by atoms with Crippen molar-refractivity contribution >= 4 is 11.3 Å². The topological polar surface area (TPSA) is 89.2 Å². The molecule has 0 aliphatic carbocycles. The van der Waals surface area contributed by atoms with E-state index in [0.29, 0.717) is 13.2 Å². The van der Waals surface area contributed by atoms with Crippen molar-refractivity contribution < 1.29 is 4.74 Å². The largest absolute Gasteiger partial charge is 0.377 e. The van der Waals surface area contributed by atoms with E-state index in [4.69, 9.17) is 9.84 Å². The number of aromatic nitrogens is 7. The van der Waals surface area contributed by atoms with Crippen LogP contribution in [0, 0.1) is 6.92 Å². The van der Waals surface area contributed by atoms with E-state index in [-0.39, 0.29) is 6.04 Å². The second kappa shape index (κ2) is 6.45. The van der Waals surface area contributed by atoms with Gasteiger partial charge < -0.3 is 9.64 Å². The third kappa shape index (κ3) is 2.66. The van der Waals surface area contributed by atoms with Crippen LogP contribution in [0.25, 0.3) is 28.3 Å². The van der Waals surface area contributed by atoms with E-state index in [9.17, 15) is 0 Å². The molecule has 28 heavy (non-hydrogen) atoms. The van der Waals surface area contributed by atoms with Crippen LogP contribution in [0.15, 0.2) is 30.6 Å². The number of hydrogen-bond acceptors (Lipinski definition) is 6. The Morgan fingerprint density at radius 2 is 2.18 bits per heavy atom. The van der Waals surface area contributed by atoms with E-state index in [0.717, 1.165) is 46.3 Å². The number of imidazole rings is 1. The van der Waals surface area contributed by atoms with Crippen LogP contribution in [0.4, 0.5) is 5.82 Å². The molecule has 0 bridgehead atoms. The average molecular weight is 378 g/mol. The van der Waals surface area contributed by atoms with Gasteiger partial charge in [0.2, 0.25) is 0 Å². The second-order valence-corrected chi connectivity index (χ2v) is 7.18. The molecule has 5 heterocycles. The predicted molar refractivity (Wildman–Crippen MR) is 105 cm³/mol. The lowest BCUT2D eigenvalue weighted by molar-refractivity contribution is 0.0984. The van der Waals surface area contributed by atoms with Gasteiger partial charge in [0.1, 0.15) is 5.69 Å². The van der Waals surface area contributed by atoms with E-state index in [1.807, 2.05) is 41.5 Å². The number of fused-ring (bicyclic) bond motifs is 1. The zero-order valence-corrected chi connectivity index (χ0v) is 16.1. The maximum absolute atomic E-state index is 5.61. The molecule has 4 aromatic rings. The van der Waals surface area contributed by atoms with Gasteiger partial charge in [0.05, 0.1) is 42.4 Å². The molecule has 0 radical (unpaired) electrons. The van der Waals surface area contributed by atoms with Crippen LogP contribution in [0.1, 0.15) is 12.6 Å². The van der Waals surface area contributed by atoms with Crippen LogP contribution < -0.4 is 4.90 Å². The summed E-state index contributed by atoms with van der Waals surface area (Å²) in [5, 5.41) is 16.6. The Labute approximate surface area is 161 Å². The zero-order valence-electron chi connectivity index (χ0n) is 16.1. The van der Waals surface area contributed by atoms with Crippen LogP contribution in [0.3, 0.4) is 0 Å². The number of hydrogen-bond donors (Lipinski definition) is 1. The average Bonchev–Trinajstić information content (AvgIpc) is 3.41. The highest BCUT2D eigenvalue weighted by Crippen LogP contribution is 2.31. The lowest BCUT2D eigenvalue weighted by atomic mass is 10.1. The molecular formula is C19H22N8O. The van der Waals surface area contributed by atoms with Crippen molar-refractivity contribution in [2.24, 2.45) is 7.05 Å². The summed E-state index contributed by atoms with van der Waals surface area (Å²) in [4.78, 5) is 6.92. The minimum atomic E-state index is 0.249. The van der Waals surface area contributed by atoms with Gasteiger partial charge >= 0.3 is 0 Å². The SMILES string of the molecule is Cc1cc(-c2ncc3c(-c4ccnn4C)cc(N4CCOC[C@H]4C)nn23)[nH]n1. The standard InChI is InChI=1S/C19H22N8O/c1-12-8-15(23-22-12)19-20-10-17-14(16-4-5-21-25(16)3)9-18(24-27(17)19)26-6-7-28-11-13(26)2/h4-5,8-10,13H,6-7,11H2,1-3H3,(H,22,23)/t13-/m1/s1. The highest BCUT2D eigenvalue weighted by molar-refractivity contribution is 5.81. The number of H-pyrrole nitrogens is 1. The molecule has 9 heteroatoms. The van der Waals surface area contributed by atoms with Crippen LogP contribution in [-0.4, -0.2) is 60.4 Å². The second-order valence-electron chi connectivity index (χ2n) is 7.18. The Hall–Kier alpha value is -3.20. The Bertz CT molecular complexity index is 1140. The van der Waals surface area contributed by atoms with Gasteiger partial charge in [-0.25, -0.2) is 9.50 Å². The number of aryl methyl sites for hydroxylation is 2. The third-order valence-corrected chi connectivity index (χ3v) is 5.20. The van der Waals surface area contributed by atoms with Crippen molar-refractivity contribution in [3.8, 4) is 22.8 Å².